The van der Waals surface area contributed by atoms with E-state index in [4.69, 9.17) is 4.74 Å². The van der Waals surface area contributed by atoms with Crippen molar-refractivity contribution in [2.24, 2.45) is 0 Å². The number of nitrogens with zero attached hydrogens (tertiary/aromatic N) is 2. The highest BCUT2D eigenvalue weighted by molar-refractivity contribution is 8.05. The van der Waals surface area contributed by atoms with Crippen LogP contribution < -0.4 is 15.0 Å². The van der Waals surface area contributed by atoms with E-state index >= 15 is 0 Å². The average molecular weight is 540 g/mol. The average Bonchev–Trinajstić information content (AvgIpc) is 3.24. The van der Waals surface area contributed by atoms with Crippen LogP contribution in [-0.2, 0) is 22.4 Å². The van der Waals surface area contributed by atoms with Gasteiger partial charge in [-0.2, -0.15) is 5.26 Å². The van der Waals surface area contributed by atoms with Gasteiger partial charge in [-0.05, 0) is 86.2 Å². The van der Waals surface area contributed by atoms with Gasteiger partial charge < -0.3 is 10.1 Å². The van der Waals surface area contributed by atoms with E-state index in [9.17, 15) is 14.9 Å². The number of carbonyl (C=O) groups is 2. The van der Waals surface area contributed by atoms with Crippen molar-refractivity contribution in [3.63, 3.8) is 0 Å². The van der Waals surface area contributed by atoms with Gasteiger partial charge in [0.2, 0.25) is 5.91 Å². The van der Waals surface area contributed by atoms with Gasteiger partial charge in [0.15, 0.2) is 0 Å². The van der Waals surface area contributed by atoms with Crippen molar-refractivity contribution in [2.75, 3.05) is 16.8 Å². The lowest BCUT2D eigenvalue weighted by Gasteiger charge is -2.19. The first kappa shape index (κ1) is 28.0. The van der Waals surface area contributed by atoms with Crippen LogP contribution in [0.3, 0.4) is 0 Å². The number of benzene rings is 3. The van der Waals surface area contributed by atoms with Gasteiger partial charge in [-0.1, -0.05) is 61.5 Å². The zero-order valence-corrected chi connectivity index (χ0v) is 23.4. The van der Waals surface area contributed by atoms with Gasteiger partial charge in [-0.3, -0.25) is 14.5 Å². The molecule has 1 fully saturated rings. The van der Waals surface area contributed by atoms with E-state index in [1.807, 2.05) is 32.0 Å². The summed E-state index contributed by atoms with van der Waals surface area (Å²) in [5, 5.41) is 12.8. The van der Waals surface area contributed by atoms with Crippen LogP contribution in [0.1, 0.15) is 43.4 Å². The summed E-state index contributed by atoms with van der Waals surface area (Å²) in [7, 11) is 0. The topological polar surface area (TPSA) is 82.4 Å². The number of aryl methyl sites for hydroxylation is 2. The Balaban J connectivity index is 1.66. The maximum absolute atomic E-state index is 13.8. The summed E-state index contributed by atoms with van der Waals surface area (Å²) in [4.78, 5) is 28.6. The van der Waals surface area contributed by atoms with Gasteiger partial charge in [0.25, 0.3) is 5.91 Å². The Hall–Kier alpha value is -4.02. The molecule has 1 aliphatic rings. The van der Waals surface area contributed by atoms with Gasteiger partial charge in [0, 0.05) is 11.4 Å². The molecule has 200 valence electrons. The summed E-state index contributed by atoms with van der Waals surface area (Å²) in [6, 6.07) is 25.0. The Morgan fingerprint density at radius 1 is 1.05 bits per heavy atom. The van der Waals surface area contributed by atoms with Crippen molar-refractivity contribution in [1.82, 2.24) is 0 Å². The third kappa shape index (κ3) is 6.90. The van der Waals surface area contributed by atoms with Crippen LogP contribution in [0.4, 0.5) is 11.4 Å². The fourth-order valence-corrected chi connectivity index (χ4v) is 5.74. The van der Waals surface area contributed by atoms with Crippen LogP contribution in [0.25, 0.3) is 0 Å². The van der Waals surface area contributed by atoms with Crippen LogP contribution in [-0.4, -0.2) is 23.7 Å². The molecular weight excluding hydrogens is 506 g/mol. The first-order chi connectivity index (χ1) is 18.9. The van der Waals surface area contributed by atoms with Crippen molar-refractivity contribution in [3.8, 4) is 11.8 Å². The summed E-state index contributed by atoms with van der Waals surface area (Å²) in [6.07, 6.45) is 3.81. The standard InChI is InChI=1S/C32H33N3O3S/c1-4-6-9-23-11-13-24(14-12-23)20-29-31(37)35(26-15-17-27(18-16-26)38-5-2)32(39-29)28(21-33)30(36)34-25-10-7-8-22(3)19-25/h7-8,10-19,29H,4-6,9,20H2,1-3H3,(H,34,36)/b32-28-. The fraction of sp³-hybridized carbons (Fsp3) is 0.281. The summed E-state index contributed by atoms with van der Waals surface area (Å²) in [5.74, 6) is -0.0240. The third-order valence-electron chi connectivity index (χ3n) is 6.45. The second kappa shape index (κ2) is 13.2. The van der Waals surface area contributed by atoms with Gasteiger partial charge in [-0.15, -0.1) is 0 Å². The van der Waals surface area contributed by atoms with E-state index in [1.165, 1.54) is 22.2 Å². The Morgan fingerprint density at radius 3 is 2.41 bits per heavy atom. The SMILES string of the molecule is CCCCc1ccc(CC2S/C(=C(/C#N)C(=O)Nc3cccc(C)c3)N(c3ccc(OCC)cc3)C2=O)cc1. The molecule has 0 aliphatic carbocycles. The number of carbonyl (C=O) groups excluding carboxylic acids is 2. The number of amides is 2. The number of rotatable bonds is 10. The molecule has 1 unspecified atom stereocenters. The fourth-order valence-electron chi connectivity index (χ4n) is 4.43. The Kier molecular flexibility index (Phi) is 9.45. The second-order valence-electron chi connectivity index (χ2n) is 9.45. The molecule has 1 atom stereocenters. The van der Waals surface area contributed by atoms with Crippen LogP contribution in [0.5, 0.6) is 5.75 Å². The molecule has 1 saturated heterocycles. The molecule has 0 saturated carbocycles. The molecular formula is C32H33N3O3S. The van der Waals surface area contributed by atoms with Crippen LogP contribution in [0.2, 0.25) is 0 Å². The first-order valence-electron chi connectivity index (χ1n) is 13.3. The predicted octanol–water partition coefficient (Wildman–Crippen LogP) is 6.80. The van der Waals surface area contributed by atoms with Crippen LogP contribution >= 0.6 is 11.8 Å². The van der Waals surface area contributed by atoms with Crippen molar-refractivity contribution >= 4 is 35.0 Å². The first-order valence-corrected chi connectivity index (χ1v) is 14.1. The monoisotopic (exact) mass is 539 g/mol. The molecule has 2 amide bonds. The molecule has 0 radical (unpaired) electrons. The lowest BCUT2D eigenvalue weighted by molar-refractivity contribution is -0.117. The van der Waals surface area contributed by atoms with Gasteiger partial charge in [-0.25, -0.2) is 0 Å². The molecule has 1 heterocycles. The highest BCUT2D eigenvalue weighted by Crippen LogP contribution is 2.42. The summed E-state index contributed by atoms with van der Waals surface area (Å²) in [6.45, 7) is 6.54. The number of hydrogen-bond donors (Lipinski definition) is 1. The van der Waals surface area contributed by atoms with Crippen molar-refractivity contribution in [1.29, 1.82) is 5.26 Å². The summed E-state index contributed by atoms with van der Waals surface area (Å²) < 4.78 is 5.56. The van der Waals surface area contributed by atoms with Crippen LogP contribution in [0, 0.1) is 18.3 Å². The molecule has 3 aromatic carbocycles. The summed E-state index contributed by atoms with van der Waals surface area (Å²) in [5.41, 5.74) is 4.38. The highest BCUT2D eigenvalue weighted by atomic mass is 32.2. The van der Waals surface area contributed by atoms with Gasteiger partial charge in [0.1, 0.15) is 22.4 Å². The van der Waals surface area contributed by atoms with E-state index in [1.54, 1.807) is 30.3 Å². The quantitative estimate of drug-likeness (QED) is 0.226. The molecule has 1 N–H and O–H groups in total. The molecule has 0 aromatic heterocycles. The Bertz CT molecular complexity index is 1390. The van der Waals surface area contributed by atoms with E-state index in [2.05, 4.69) is 42.6 Å². The van der Waals surface area contributed by atoms with Crippen molar-refractivity contribution < 1.29 is 14.3 Å². The lowest BCUT2D eigenvalue weighted by Crippen LogP contribution is -2.30. The normalized spacial score (nSPS) is 16.1. The molecule has 3 aromatic rings. The maximum atomic E-state index is 13.8. The van der Waals surface area contributed by atoms with Gasteiger partial charge in [0.05, 0.1) is 11.9 Å². The predicted molar refractivity (Wildman–Crippen MR) is 158 cm³/mol. The van der Waals surface area contributed by atoms with E-state index in [0.717, 1.165) is 30.4 Å². The minimum Gasteiger partial charge on any atom is -0.494 e. The molecule has 7 heteroatoms. The van der Waals surface area contributed by atoms with E-state index in [-0.39, 0.29) is 11.5 Å². The molecule has 1 aliphatic heterocycles. The smallest absolute Gasteiger partial charge is 0.269 e. The molecule has 0 spiro atoms. The molecule has 4 rings (SSSR count). The highest BCUT2D eigenvalue weighted by Gasteiger charge is 2.40. The number of nitrogens with one attached hydrogen (secondary N) is 1. The third-order valence-corrected chi connectivity index (χ3v) is 7.71. The minimum absolute atomic E-state index is 0.0962. The Labute approximate surface area is 234 Å². The largest absolute Gasteiger partial charge is 0.494 e. The number of ether oxygens (including phenoxy) is 1. The van der Waals surface area contributed by atoms with E-state index in [0.29, 0.717) is 35.2 Å². The van der Waals surface area contributed by atoms with Crippen molar-refractivity contribution in [2.45, 2.75) is 51.7 Å². The molecule has 6 nitrogen and oxygen atoms in total. The number of thioether (sulfide) groups is 1. The lowest BCUT2D eigenvalue weighted by atomic mass is 10.0. The number of unbranched alkanes of at least 4 members (excludes halogenated alkanes) is 1. The van der Waals surface area contributed by atoms with Crippen molar-refractivity contribution in [3.05, 3.63) is 100 Å². The number of nitriles is 1. The van der Waals surface area contributed by atoms with Gasteiger partial charge >= 0.3 is 0 Å². The second-order valence-corrected chi connectivity index (χ2v) is 10.6. The summed E-state index contributed by atoms with van der Waals surface area (Å²) >= 11 is 1.27. The number of anilines is 2. The maximum Gasteiger partial charge on any atom is 0.269 e. The number of hydrogen-bond acceptors (Lipinski definition) is 5. The zero-order valence-electron chi connectivity index (χ0n) is 22.6. The van der Waals surface area contributed by atoms with Crippen LogP contribution in [0.15, 0.2) is 83.4 Å². The Morgan fingerprint density at radius 2 is 1.77 bits per heavy atom. The minimum atomic E-state index is -0.546. The zero-order chi connectivity index (χ0) is 27.8. The van der Waals surface area contributed by atoms with E-state index < -0.39 is 11.2 Å². The molecule has 0 bridgehead atoms. The molecule has 39 heavy (non-hydrogen) atoms.